The molecule has 20 heteroatoms. The second-order valence-corrected chi connectivity index (χ2v) is 23.1. The predicted molar refractivity (Wildman–Crippen MR) is 307 cm³/mol. The van der Waals surface area contributed by atoms with Gasteiger partial charge in [-0.15, -0.1) is 0 Å². The van der Waals surface area contributed by atoms with Crippen molar-refractivity contribution in [1.29, 1.82) is 0 Å². The number of methoxy groups -OCH3 is 1. The Morgan fingerprint density at radius 2 is 0.869 bits per heavy atom. The fourth-order valence-corrected chi connectivity index (χ4v) is 11.6. The van der Waals surface area contributed by atoms with Gasteiger partial charge in [-0.2, -0.15) is 0 Å². The number of hydrogen-bond acceptors (Lipinski definition) is 20. The van der Waals surface area contributed by atoms with Crippen molar-refractivity contribution < 1.29 is 95.6 Å². The molecule has 0 aromatic heterocycles. The van der Waals surface area contributed by atoms with Gasteiger partial charge in [0.1, 0.15) is 34.7 Å². The van der Waals surface area contributed by atoms with Crippen molar-refractivity contribution in [1.82, 2.24) is 0 Å². The minimum Gasteiger partial charge on any atom is -0.469 e. The Labute approximate surface area is 495 Å². The van der Waals surface area contributed by atoms with E-state index in [1.807, 2.05) is 13.8 Å². The monoisotopic (exact) mass is 1180 g/mol. The quantitative estimate of drug-likeness (QED) is 0.0504. The van der Waals surface area contributed by atoms with Crippen LogP contribution in [0, 0.1) is 51.2 Å². The summed E-state index contributed by atoms with van der Waals surface area (Å²) in [7, 11) is 1.38. The number of ketones is 10. The minimum atomic E-state index is -1.39. The smallest absolute Gasteiger partial charge is 0.330 e. The molecule has 84 heavy (non-hydrogen) atoms. The Balaban J connectivity index is 0.000000511. The van der Waals surface area contributed by atoms with Gasteiger partial charge < -0.3 is 33.3 Å². The van der Waals surface area contributed by atoms with Crippen LogP contribution >= 0.6 is 0 Å². The summed E-state index contributed by atoms with van der Waals surface area (Å²) in [6.07, 6.45) is 17.8. The molecule has 4 unspecified atom stereocenters. The fraction of sp³-hybridized carbons (Fsp3) is 0.703. The maximum atomic E-state index is 12.4. The van der Waals surface area contributed by atoms with Crippen LogP contribution < -0.4 is 0 Å². The van der Waals surface area contributed by atoms with E-state index < -0.39 is 69.7 Å². The van der Waals surface area contributed by atoms with Gasteiger partial charge in [0.25, 0.3) is 0 Å². The van der Waals surface area contributed by atoms with E-state index in [9.17, 15) is 71.9 Å². The zero-order valence-corrected chi connectivity index (χ0v) is 50.0. The van der Waals surface area contributed by atoms with Crippen molar-refractivity contribution in [3.63, 3.8) is 0 Å². The van der Waals surface area contributed by atoms with E-state index in [1.54, 1.807) is 32.9 Å². The van der Waals surface area contributed by atoms with Crippen LogP contribution in [0.25, 0.3) is 0 Å². The molecule has 20 nitrogen and oxygen atoms in total. The summed E-state index contributed by atoms with van der Waals surface area (Å²) in [5, 5.41) is 0. The molecule has 8 saturated carbocycles. The molecule has 0 aliphatic heterocycles. The zero-order chi connectivity index (χ0) is 61.9. The Morgan fingerprint density at radius 1 is 0.488 bits per heavy atom. The number of ether oxygens (including phenoxy) is 5. The molecule has 0 bridgehead atoms. The van der Waals surface area contributed by atoms with Crippen molar-refractivity contribution in [2.45, 2.75) is 206 Å². The van der Waals surface area contributed by atoms with Crippen molar-refractivity contribution in [3.8, 4) is 0 Å². The zero-order valence-electron chi connectivity index (χ0n) is 50.0. The molecule has 0 N–H and O–H groups in total. The lowest BCUT2D eigenvalue weighted by Crippen LogP contribution is -2.56. The molecule has 0 radical (unpaired) electrons. The fourth-order valence-electron chi connectivity index (χ4n) is 11.6. The number of carbonyl (C=O) groups excluding carboxylic acids is 15. The molecular weight excluding hydrogens is 1090 g/mol. The molecule has 0 aromatic carbocycles. The van der Waals surface area contributed by atoms with Gasteiger partial charge >= 0.3 is 29.8 Å². The van der Waals surface area contributed by atoms with Crippen molar-refractivity contribution >= 4 is 87.7 Å². The summed E-state index contributed by atoms with van der Waals surface area (Å²) >= 11 is 0. The van der Waals surface area contributed by atoms with E-state index in [4.69, 9.17) is 14.2 Å². The van der Waals surface area contributed by atoms with Crippen LogP contribution in [-0.4, -0.2) is 121 Å². The second-order valence-electron chi connectivity index (χ2n) is 23.1. The van der Waals surface area contributed by atoms with Crippen LogP contribution in [0.5, 0.6) is 0 Å². The first-order valence-corrected chi connectivity index (χ1v) is 28.7. The molecular formula is C64H94O20. The van der Waals surface area contributed by atoms with Crippen LogP contribution in [-0.2, 0) is 95.6 Å². The second kappa shape index (κ2) is 33.9. The average molecular weight is 1180 g/mol. The first-order valence-electron chi connectivity index (χ1n) is 28.7. The normalized spacial score (nSPS) is 22.0. The molecule has 4 atom stereocenters. The van der Waals surface area contributed by atoms with E-state index in [0.717, 1.165) is 57.8 Å². The van der Waals surface area contributed by atoms with Crippen LogP contribution in [0.15, 0.2) is 23.3 Å². The molecule has 470 valence electrons. The standard InChI is InChI=1S/C14H18O5.C13H16O5.C11H16O3.C9H14O3.C8H12O2.C7H10O2.2CH4/c1-3-19-13(18)10-9(16)7-14(5-4-6-14)11(8(2)15)12(10)17;1-3-18-12(17)9-8(15)6-13(4-5-13)10(7(2)14)11(9)16;1-7(12)6-11(4-5-11)10(8(2)13)9(3)14;1-7(10)5-9(3-4-9)6-8(11)12-2;1-2-10-8(9)6-7-4-3-5-7;1-2-9-7(8)5-6-3-4-6;;/h10-11H,3-7H2,1-2H3;9-10H,3-6H2,1-2H3;10H,4-6H2,1-3H3;3-6H2,1-2H3;6H,2-5H2,1H3;5H,2-4H2,1H3;2*1H4. The summed E-state index contributed by atoms with van der Waals surface area (Å²) in [5.41, 5.74) is 1.11. The Kier molecular flexibility index (Phi) is 30.5. The van der Waals surface area contributed by atoms with Crippen molar-refractivity contribution in [2.24, 2.45) is 51.2 Å². The molecule has 0 saturated heterocycles. The molecule has 0 heterocycles. The van der Waals surface area contributed by atoms with Crippen molar-refractivity contribution in [2.75, 3.05) is 33.5 Å². The highest BCUT2D eigenvalue weighted by Crippen LogP contribution is 2.59. The number of Topliss-reactive ketones (excluding diaryl/α,β-unsaturated/α-hetero) is 10. The molecule has 0 amide bonds. The lowest BCUT2D eigenvalue weighted by atomic mass is 9.52. The van der Waals surface area contributed by atoms with E-state index in [0.29, 0.717) is 58.2 Å². The van der Waals surface area contributed by atoms with Gasteiger partial charge in [-0.05, 0) is 174 Å². The molecule has 8 aliphatic carbocycles. The summed E-state index contributed by atoms with van der Waals surface area (Å²) < 4.78 is 23.5. The van der Waals surface area contributed by atoms with Gasteiger partial charge in [0, 0.05) is 37.8 Å². The number of hydrogen-bond donors (Lipinski definition) is 0. The van der Waals surface area contributed by atoms with Gasteiger partial charge in [-0.1, -0.05) is 32.4 Å². The number of esters is 5. The van der Waals surface area contributed by atoms with E-state index in [2.05, 4.69) is 9.47 Å². The average Bonchev–Trinajstić information content (AvgIpc) is 3.00. The lowest BCUT2D eigenvalue weighted by Gasteiger charge is -2.49. The minimum absolute atomic E-state index is 0. The first kappa shape index (κ1) is 75.5. The largest absolute Gasteiger partial charge is 0.469 e. The molecule has 8 fully saturated rings. The summed E-state index contributed by atoms with van der Waals surface area (Å²) in [5.74, 6) is -9.49. The highest BCUT2D eigenvalue weighted by atomic mass is 16.5. The lowest BCUT2D eigenvalue weighted by molar-refractivity contribution is -0.167. The third-order valence-electron chi connectivity index (χ3n) is 16.2. The van der Waals surface area contributed by atoms with E-state index >= 15 is 0 Å². The van der Waals surface area contributed by atoms with E-state index in [-0.39, 0.29) is 110 Å². The molecule has 2 spiro atoms. The van der Waals surface area contributed by atoms with Gasteiger partial charge in [-0.25, -0.2) is 9.59 Å². The summed E-state index contributed by atoms with van der Waals surface area (Å²) in [4.78, 5) is 172. The van der Waals surface area contributed by atoms with Gasteiger partial charge in [0.05, 0.1) is 57.7 Å². The SMILES string of the molecule is C.C.CC(=O)CC1(C(C(C)=O)C(C)=O)CC1.CCOC(=O)C1C(=O)CC2(CC2)C(C(C)=O)C1=O.CCOC(=O)C1C(=O)CC2(CCC2)C(C(C)=O)C1=O.CCOC(=O)C=C1CC1.CCOC(=O)C=C1CCC1.COC(=O)CC1(CC(C)=O)CC1. The van der Waals surface area contributed by atoms with Crippen LogP contribution in [0.1, 0.15) is 206 Å². The summed E-state index contributed by atoms with van der Waals surface area (Å²) in [6.45, 7) is 16.7. The summed E-state index contributed by atoms with van der Waals surface area (Å²) in [6, 6.07) is 0. The third kappa shape index (κ3) is 21.9. The Morgan fingerprint density at radius 3 is 1.12 bits per heavy atom. The molecule has 0 aromatic rings. The topological polar surface area (TPSA) is 302 Å². The van der Waals surface area contributed by atoms with E-state index in [1.165, 1.54) is 59.3 Å². The van der Waals surface area contributed by atoms with Gasteiger partial charge in [0.2, 0.25) is 0 Å². The predicted octanol–water partition coefficient (Wildman–Crippen LogP) is 8.83. The van der Waals surface area contributed by atoms with Gasteiger partial charge in [-0.3, -0.25) is 52.7 Å². The Hall–Kier alpha value is -6.47. The highest BCUT2D eigenvalue weighted by Gasteiger charge is 2.63. The molecule has 8 rings (SSSR count). The van der Waals surface area contributed by atoms with Crippen LogP contribution in [0.2, 0.25) is 0 Å². The maximum Gasteiger partial charge on any atom is 0.330 e. The number of rotatable bonds is 19. The third-order valence-corrected chi connectivity index (χ3v) is 16.2. The van der Waals surface area contributed by atoms with Crippen LogP contribution in [0.4, 0.5) is 0 Å². The first-order chi connectivity index (χ1) is 38.5. The van der Waals surface area contributed by atoms with Crippen molar-refractivity contribution in [3.05, 3.63) is 23.3 Å². The molecule has 8 aliphatic rings. The number of allylic oxidation sites excluding steroid dienone is 2. The number of carbonyl (C=O) groups is 15. The highest BCUT2D eigenvalue weighted by molar-refractivity contribution is 6.25. The Bertz CT molecular complexity index is 2520. The van der Waals surface area contributed by atoms with Gasteiger partial charge in [0.15, 0.2) is 35.0 Å². The maximum absolute atomic E-state index is 12.4. The van der Waals surface area contributed by atoms with Crippen LogP contribution in [0.3, 0.4) is 0 Å².